The van der Waals surface area contributed by atoms with Gasteiger partial charge in [0.2, 0.25) is 0 Å². The number of aryl methyl sites for hydroxylation is 2. The number of fused-ring (bicyclic) bond motifs is 1. The van der Waals surface area contributed by atoms with Crippen LogP contribution in [0.2, 0.25) is 0 Å². The molecule has 0 bridgehead atoms. The van der Waals surface area contributed by atoms with Crippen molar-refractivity contribution in [3.63, 3.8) is 0 Å². The molecule has 1 amide bonds. The largest absolute Gasteiger partial charge is 0.427 e. The second-order valence-corrected chi connectivity index (χ2v) is 6.59. The van der Waals surface area contributed by atoms with Gasteiger partial charge in [0.15, 0.2) is 0 Å². The van der Waals surface area contributed by atoms with Gasteiger partial charge in [-0.3, -0.25) is 4.79 Å². The number of benzene rings is 1. The molecule has 1 aromatic carbocycles. The number of imidazole rings is 1. The number of nitrogens with one attached hydrogen (secondary N) is 1. The van der Waals surface area contributed by atoms with Crippen LogP contribution >= 0.6 is 0 Å². The van der Waals surface area contributed by atoms with Crippen LogP contribution in [-0.2, 0) is 6.54 Å². The zero-order valence-corrected chi connectivity index (χ0v) is 14.7. The van der Waals surface area contributed by atoms with E-state index in [1.54, 1.807) is 25.1 Å². The van der Waals surface area contributed by atoms with Crippen LogP contribution < -0.4 is 5.63 Å². The van der Waals surface area contributed by atoms with E-state index in [0.29, 0.717) is 30.0 Å². The standard InChI is InChI=1S/C20H19N3O3/c1-12-8-17(24)26-13(2)18(12)20(25)23-9-15(14-6-4-3-5-7-14)19-16(10-23)21-11-22-19/h3-8,11,15H,9-10H2,1-2H3,(H,21,22). The Hall–Kier alpha value is -3.15. The maximum atomic E-state index is 13.2. The number of amides is 1. The number of rotatable bonds is 2. The second kappa shape index (κ2) is 6.29. The molecule has 132 valence electrons. The molecule has 3 heterocycles. The van der Waals surface area contributed by atoms with Crippen LogP contribution in [0, 0.1) is 13.8 Å². The Bertz CT molecular complexity index is 994. The SMILES string of the molecule is Cc1cc(=O)oc(C)c1C(=O)N1Cc2[nH]cnc2C(c2ccccc2)C1. The lowest BCUT2D eigenvalue weighted by atomic mass is 9.90. The summed E-state index contributed by atoms with van der Waals surface area (Å²) in [5.41, 5.74) is 3.69. The van der Waals surface area contributed by atoms with Crippen LogP contribution in [0.4, 0.5) is 0 Å². The van der Waals surface area contributed by atoms with E-state index < -0.39 is 5.63 Å². The third-order valence-electron chi connectivity index (χ3n) is 4.87. The van der Waals surface area contributed by atoms with E-state index in [9.17, 15) is 9.59 Å². The fourth-order valence-electron chi connectivity index (χ4n) is 3.66. The van der Waals surface area contributed by atoms with E-state index >= 15 is 0 Å². The van der Waals surface area contributed by atoms with Gasteiger partial charge in [0.1, 0.15) is 5.76 Å². The highest BCUT2D eigenvalue weighted by Gasteiger charge is 2.33. The number of aromatic nitrogens is 2. The number of aromatic amines is 1. The normalized spacial score (nSPS) is 16.4. The second-order valence-electron chi connectivity index (χ2n) is 6.59. The summed E-state index contributed by atoms with van der Waals surface area (Å²) in [6, 6.07) is 11.4. The molecule has 0 fully saturated rings. The molecule has 6 nitrogen and oxygen atoms in total. The van der Waals surface area contributed by atoms with E-state index in [1.807, 2.05) is 18.2 Å². The first-order valence-electron chi connectivity index (χ1n) is 8.52. The lowest BCUT2D eigenvalue weighted by Gasteiger charge is -2.32. The molecular formula is C20H19N3O3. The number of nitrogens with zero attached hydrogens (tertiary/aromatic N) is 2. The predicted molar refractivity (Wildman–Crippen MR) is 96.1 cm³/mol. The molecule has 0 saturated heterocycles. The first-order chi connectivity index (χ1) is 12.5. The fourth-order valence-corrected chi connectivity index (χ4v) is 3.66. The highest BCUT2D eigenvalue weighted by Crippen LogP contribution is 2.32. The van der Waals surface area contributed by atoms with E-state index in [-0.39, 0.29) is 11.8 Å². The van der Waals surface area contributed by atoms with Gasteiger partial charge >= 0.3 is 5.63 Å². The minimum Gasteiger partial charge on any atom is -0.427 e. The lowest BCUT2D eigenvalue weighted by molar-refractivity contribution is 0.0717. The summed E-state index contributed by atoms with van der Waals surface area (Å²) in [7, 11) is 0. The zero-order valence-electron chi connectivity index (χ0n) is 14.7. The molecule has 1 atom stereocenters. The maximum Gasteiger partial charge on any atom is 0.336 e. The molecule has 1 unspecified atom stereocenters. The molecule has 2 aromatic heterocycles. The van der Waals surface area contributed by atoms with Crippen LogP contribution in [0.15, 0.2) is 51.9 Å². The third kappa shape index (κ3) is 2.73. The van der Waals surface area contributed by atoms with Crippen LogP contribution in [0.1, 0.15) is 44.6 Å². The lowest BCUT2D eigenvalue weighted by Crippen LogP contribution is -2.39. The summed E-state index contributed by atoms with van der Waals surface area (Å²) < 4.78 is 5.14. The number of hydrogen-bond donors (Lipinski definition) is 1. The van der Waals surface area contributed by atoms with Gasteiger partial charge in [-0.05, 0) is 25.0 Å². The molecule has 1 N–H and O–H groups in total. The smallest absolute Gasteiger partial charge is 0.336 e. The molecule has 4 rings (SSSR count). The van der Waals surface area contributed by atoms with Gasteiger partial charge in [0.05, 0.1) is 29.8 Å². The van der Waals surface area contributed by atoms with Crippen molar-refractivity contribution in [2.75, 3.05) is 6.54 Å². The Labute approximate surface area is 150 Å². The topological polar surface area (TPSA) is 79.2 Å². The third-order valence-corrected chi connectivity index (χ3v) is 4.87. The minimum atomic E-state index is -0.437. The summed E-state index contributed by atoms with van der Waals surface area (Å²) in [5, 5.41) is 0. The Morgan fingerprint density at radius 3 is 2.77 bits per heavy atom. The average molecular weight is 349 g/mol. The maximum absolute atomic E-state index is 13.2. The van der Waals surface area contributed by atoms with Crippen molar-refractivity contribution >= 4 is 5.91 Å². The molecule has 1 aliphatic heterocycles. The van der Waals surface area contributed by atoms with Gasteiger partial charge in [0, 0.05) is 18.5 Å². The van der Waals surface area contributed by atoms with Gasteiger partial charge in [-0.15, -0.1) is 0 Å². The first kappa shape index (κ1) is 16.3. The van der Waals surface area contributed by atoms with Gasteiger partial charge < -0.3 is 14.3 Å². The number of H-pyrrole nitrogens is 1. The Balaban J connectivity index is 1.73. The van der Waals surface area contributed by atoms with Crippen molar-refractivity contribution in [3.8, 4) is 0 Å². The predicted octanol–water partition coefficient (Wildman–Crippen LogP) is 2.77. The van der Waals surface area contributed by atoms with E-state index in [4.69, 9.17) is 4.42 Å². The summed E-state index contributed by atoms with van der Waals surface area (Å²) in [6.45, 7) is 4.40. The molecule has 0 aliphatic carbocycles. The van der Waals surface area contributed by atoms with Gasteiger partial charge in [-0.2, -0.15) is 0 Å². The van der Waals surface area contributed by atoms with E-state index in [0.717, 1.165) is 17.0 Å². The van der Waals surface area contributed by atoms with Crippen molar-refractivity contribution in [1.82, 2.24) is 14.9 Å². The van der Waals surface area contributed by atoms with Crippen molar-refractivity contribution < 1.29 is 9.21 Å². The van der Waals surface area contributed by atoms with Crippen molar-refractivity contribution in [2.45, 2.75) is 26.3 Å². The quantitative estimate of drug-likeness (QED) is 0.771. The van der Waals surface area contributed by atoms with Crippen molar-refractivity contribution in [3.05, 3.63) is 87.0 Å². The van der Waals surface area contributed by atoms with Crippen LogP contribution in [-0.4, -0.2) is 27.3 Å². The molecule has 6 heteroatoms. The number of carbonyl (C=O) groups excluding carboxylic acids is 1. The minimum absolute atomic E-state index is 0.00600. The van der Waals surface area contributed by atoms with Crippen LogP contribution in [0.3, 0.4) is 0 Å². The molecular weight excluding hydrogens is 330 g/mol. The Morgan fingerprint density at radius 1 is 1.27 bits per heavy atom. The summed E-state index contributed by atoms with van der Waals surface area (Å²) in [5.74, 6) is 0.225. The molecule has 0 radical (unpaired) electrons. The van der Waals surface area contributed by atoms with E-state index in [2.05, 4.69) is 22.1 Å². The zero-order chi connectivity index (χ0) is 18.3. The Kier molecular flexibility index (Phi) is 3.95. The van der Waals surface area contributed by atoms with Gasteiger partial charge in [-0.25, -0.2) is 9.78 Å². The van der Waals surface area contributed by atoms with Gasteiger partial charge in [0.25, 0.3) is 5.91 Å². The van der Waals surface area contributed by atoms with E-state index in [1.165, 1.54) is 6.07 Å². The Morgan fingerprint density at radius 2 is 2.04 bits per heavy atom. The highest BCUT2D eigenvalue weighted by molar-refractivity contribution is 5.96. The van der Waals surface area contributed by atoms with Crippen LogP contribution in [0.25, 0.3) is 0 Å². The molecule has 26 heavy (non-hydrogen) atoms. The first-order valence-corrected chi connectivity index (χ1v) is 8.52. The molecule has 1 aliphatic rings. The number of carbonyl (C=O) groups is 1. The average Bonchev–Trinajstić information content (AvgIpc) is 3.09. The summed E-state index contributed by atoms with van der Waals surface area (Å²) in [4.78, 5) is 34.1. The summed E-state index contributed by atoms with van der Waals surface area (Å²) >= 11 is 0. The molecule has 0 spiro atoms. The van der Waals surface area contributed by atoms with Crippen molar-refractivity contribution in [1.29, 1.82) is 0 Å². The highest BCUT2D eigenvalue weighted by atomic mass is 16.4. The number of hydrogen-bond acceptors (Lipinski definition) is 4. The summed E-state index contributed by atoms with van der Waals surface area (Å²) in [6.07, 6.45) is 1.67. The molecule has 3 aromatic rings. The fraction of sp³-hybridized carbons (Fsp3) is 0.250. The van der Waals surface area contributed by atoms with Crippen molar-refractivity contribution in [2.24, 2.45) is 0 Å². The molecule has 0 saturated carbocycles. The van der Waals surface area contributed by atoms with Gasteiger partial charge in [-0.1, -0.05) is 30.3 Å². The monoisotopic (exact) mass is 349 g/mol. The van der Waals surface area contributed by atoms with Crippen LogP contribution in [0.5, 0.6) is 0 Å².